The van der Waals surface area contributed by atoms with E-state index in [0.717, 1.165) is 37.1 Å². The molecule has 3 rings (SSSR count). The fraction of sp³-hybridized carbons (Fsp3) is 0.381. The number of fused-ring (bicyclic) bond motifs is 1. The minimum Gasteiger partial charge on any atom is -0.405 e. The molecular formula is C21H28N4O2. The number of benzene rings is 1. The van der Waals surface area contributed by atoms with Gasteiger partial charge in [0, 0.05) is 48.0 Å². The highest BCUT2D eigenvalue weighted by atomic mass is 16.5. The first-order valence-corrected chi connectivity index (χ1v) is 9.33. The third-order valence-corrected chi connectivity index (χ3v) is 5.18. The number of allylic oxidation sites excluding steroid dienone is 1. The van der Waals surface area contributed by atoms with Crippen LogP contribution in [0.2, 0.25) is 0 Å². The van der Waals surface area contributed by atoms with Crippen molar-refractivity contribution in [3.8, 4) is 0 Å². The minimum atomic E-state index is -0.231. The summed E-state index contributed by atoms with van der Waals surface area (Å²) in [6.07, 6.45) is 4.94. The van der Waals surface area contributed by atoms with E-state index >= 15 is 0 Å². The van der Waals surface area contributed by atoms with E-state index in [1.807, 2.05) is 6.07 Å². The first-order chi connectivity index (χ1) is 13.0. The number of aromatic nitrogens is 1. The number of rotatable bonds is 5. The zero-order valence-electron chi connectivity index (χ0n) is 16.0. The van der Waals surface area contributed by atoms with Crippen LogP contribution in [0.4, 0.5) is 0 Å². The predicted octanol–water partition coefficient (Wildman–Crippen LogP) is 2.69. The smallest absolute Gasteiger partial charge is 0.253 e. The number of ether oxygens (including phenoxy) is 1. The van der Waals surface area contributed by atoms with Crippen LogP contribution in [0, 0.1) is 6.92 Å². The van der Waals surface area contributed by atoms with Crippen molar-refractivity contribution < 1.29 is 9.53 Å². The number of amides is 1. The van der Waals surface area contributed by atoms with E-state index in [4.69, 9.17) is 16.2 Å². The molecule has 1 aliphatic heterocycles. The molecule has 1 aromatic heterocycles. The molecule has 1 aliphatic rings. The molecule has 1 amide bonds. The molecular weight excluding hydrogens is 340 g/mol. The molecule has 6 nitrogen and oxygen atoms in total. The van der Waals surface area contributed by atoms with Gasteiger partial charge in [-0.15, -0.1) is 0 Å². The summed E-state index contributed by atoms with van der Waals surface area (Å²) in [5.74, 6) is 0.294. The van der Waals surface area contributed by atoms with Crippen molar-refractivity contribution in [1.82, 2.24) is 10.3 Å². The predicted molar refractivity (Wildman–Crippen MR) is 108 cm³/mol. The van der Waals surface area contributed by atoms with Crippen LogP contribution in [-0.4, -0.2) is 24.1 Å². The van der Waals surface area contributed by atoms with Crippen LogP contribution < -0.4 is 16.8 Å². The molecule has 1 fully saturated rings. The summed E-state index contributed by atoms with van der Waals surface area (Å²) in [6, 6.07) is 6.25. The van der Waals surface area contributed by atoms with Gasteiger partial charge in [-0.05, 0) is 62.2 Å². The highest BCUT2D eigenvalue weighted by molar-refractivity contribution is 5.96. The summed E-state index contributed by atoms with van der Waals surface area (Å²) in [5, 5.41) is 4.11. The summed E-state index contributed by atoms with van der Waals surface area (Å²) in [7, 11) is 0. The number of H-pyrrole nitrogens is 1. The van der Waals surface area contributed by atoms with Gasteiger partial charge in [-0.2, -0.15) is 0 Å². The fourth-order valence-electron chi connectivity index (χ4n) is 3.66. The standard InChI is InChI=1S/C21H28N4O2/c1-13-18-11-15(12-24-21(26)17(5-8-22)14(2)23)3-4-19(18)25-20(13)16-6-9-27-10-7-16/h3-5,8,11,16,25H,6-7,9-10,12,22-23H2,1-2H3,(H,24,26)/b8-5-,17-14+. The number of aromatic amines is 1. The zero-order chi connectivity index (χ0) is 19.4. The van der Waals surface area contributed by atoms with Crippen LogP contribution in [0.1, 0.15) is 42.5 Å². The SMILES string of the molecule is C/C(N)=C(/C=C\N)C(=O)NCc1ccc2[nH]c(C3CCOCC3)c(C)c2c1. The molecule has 0 atom stereocenters. The summed E-state index contributed by atoms with van der Waals surface area (Å²) >= 11 is 0. The second-order valence-electron chi connectivity index (χ2n) is 7.07. The van der Waals surface area contributed by atoms with Crippen LogP contribution in [0.15, 0.2) is 41.7 Å². The lowest BCUT2D eigenvalue weighted by Gasteiger charge is -2.21. The highest BCUT2D eigenvalue weighted by Crippen LogP contribution is 2.33. The van der Waals surface area contributed by atoms with Crippen molar-refractivity contribution in [1.29, 1.82) is 0 Å². The van der Waals surface area contributed by atoms with Crippen molar-refractivity contribution in [2.24, 2.45) is 11.5 Å². The van der Waals surface area contributed by atoms with Crippen molar-refractivity contribution in [2.45, 2.75) is 39.2 Å². The summed E-state index contributed by atoms with van der Waals surface area (Å²) < 4.78 is 5.48. The topological polar surface area (TPSA) is 106 Å². The van der Waals surface area contributed by atoms with E-state index in [0.29, 0.717) is 23.7 Å². The molecule has 144 valence electrons. The largest absolute Gasteiger partial charge is 0.405 e. The second kappa shape index (κ2) is 8.31. The quantitative estimate of drug-likeness (QED) is 0.481. The molecule has 1 saturated heterocycles. The van der Waals surface area contributed by atoms with Gasteiger partial charge in [0.15, 0.2) is 0 Å². The van der Waals surface area contributed by atoms with E-state index in [9.17, 15) is 4.79 Å². The molecule has 0 saturated carbocycles. The van der Waals surface area contributed by atoms with Gasteiger partial charge in [0.1, 0.15) is 0 Å². The summed E-state index contributed by atoms with van der Waals surface area (Å²) in [6.45, 7) is 5.93. The molecule has 6 N–H and O–H groups in total. The van der Waals surface area contributed by atoms with Crippen molar-refractivity contribution in [3.05, 3.63) is 58.6 Å². The van der Waals surface area contributed by atoms with Crippen LogP contribution >= 0.6 is 0 Å². The number of nitrogens with two attached hydrogens (primary N) is 2. The molecule has 1 aromatic carbocycles. The lowest BCUT2D eigenvalue weighted by molar-refractivity contribution is -0.117. The number of hydrogen-bond donors (Lipinski definition) is 4. The van der Waals surface area contributed by atoms with Crippen LogP contribution in [-0.2, 0) is 16.1 Å². The second-order valence-corrected chi connectivity index (χ2v) is 7.07. The number of carbonyl (C=O) groups excluding carboxylic acids is 1. The van der Waals surface area contributed by atoms with Gasteiger partial charge in [0.25, 0.3) is 5.91 Å². The Balaban J connectivity index is 1.77. The number of nitrogens with one attached hydrogen (secondary N) is 2. The van der Waals surface area contributed by atoms with Crippen molar-refractivity contribution in [3.63, 3.8) is 0 Å². The average Bonchev–Trinajstić information content (AvgIpc) is 3.01. The van der Waals surface area contributed by atoms with Gasteiger partial charge in [-0.1, -0.05) is 6.07 Å². The molecule has 2 heterocycles. The fourth-order valence-corrected chi connectivity index (χ4v) is 3.66. The van der Waals surface area contributed by atoms with E-state index in [2.05, 4.69) is 29.4 Å². The van der Waals surface area contributed by atoms with Gasteiger partial charge in [-0.25, -0.2) is 0 Å². The maximum Gasteiger partial charge on any atom is 0.253 e. The Morgan fingerprint density at radius 3 is 2.78 bits per heavy atom. The third-order valence-electron chi connectivity index (χ3n) is 5.18. The summed E-state index contributed by atoms with van der Waals surface area (Å²) in [4.78, 5) is 15.9. The van der Waals surface area contributed by atoms with Crippen LogP contribution in [0.3, 0.4) is 0 Å². The van der Waals surface area contributed by atoms with Crippen molar-refractivity contribution in [2.75, 3.05) is 13.2 Å². The highest BCUT2D eigenvalue weighted by Gasteiger charge is 2.20. The minimum absolute atomic E-state index is 0.231. The first-order valence-electron chi connectivity index (χ1n) is 9.33. The van der Waals surface area contributed by atoms with E-state index in [-0.39, 0.29) is 5.91 Å². The Bertz CT molecular complexity index is 885. The van der Waals surface area contributed by atoms with Gasteiger partial charge < -0.3 is 26.5 Å². The number of aryl methyl sites for hydroxylation is 1. The summed E-state index contributed by atoms with van der Waals surface area (Å²) in [5.41, 5.74) is 16.8. The normalized spacial score (nSPS) is 16.7. The Morgan fingerprint density at radius 2 is 2.11 bits per heavy atom. The lowest BCUT2D eigenvalue weighted by atomic mass is 9.93. The van der Waals surface area contributed by atoms with Gasteiger partial charge >= 0.3 is 0 Å². The number of carbonyl (C=O) groups is 1. The maximum absolute atomic E-state index is 12.3. The molecule has 0 radical (unpaired) electrons. The van der Waals surface area contributed by atoms with E-state index in [1.54, 1.807) is 6.92 Å². The van der Waals surface area contributed by atoms with Gasteiger partial charge in [0.2, 0.25) is 0 Å². The Labute approximate surface area is 159 Å². The molecule has 2 aromatic rings. The molecule has 0 unspecified atom stereocenters. The Hall–Kier alpha value is -2.73. The lowest BCUT2D eigenvalue weighted by Crippen LogP contribution is -2.25. The average molecular weight is 368 g/mol. The third kappa shape index (κ3) is 4.17. The van der Waals surface area contributed by atoms with Gasteiger partial charge in [0.05, 0.1) is 5.57 Å². The molecule has 0 spiro atoms. The van der Waals surface area contributed by atoms with Crippen molar-refractivity contribution >= 4 is 16.8 Å². The van der Waals surface area contributed by atoms with E-state index < -0.39 is 0 Å². The monoisotopic (exact) mass is 368 g/mol. The Kier molecular flexibility index (Phi) is 5.86. The number of hydrogen-bond acceptors (Lipinski definition) is 4. The Morgan fingerprint density at radius 1 is 1.37 bits per heavy atom. The van der Waals surface area contributed by atoms with E-state index in [1.165, 1.54) is 28.9 Å². The maximum atomic E-state index is 12.3. The molecule has 6 heteroatoms. The molecule has 0 aliphatic carbocycles. The molecule has 0 bridgehead atoms. The zero-order valence-corrected chi connectivity index (χ0v) is 16.0. The first kappa shape index (κ1) is 19.0. The molecule has 27 heavy (non-hydrogen) atoms. The van der Waals surface area contributed by atoms with Crippen LogP contribution in [0.25, 0.3) is 10.9 Å². The van der Waals surface area contributed by atoms with Crippen LogP contribution in [0.5, 0.6) is 0 Å². The van der Waals surface area contributed by atoms with Gasteiger partial charge in [-0.3, -0.25) is 4.79 Å².